The van der Waals surface area contributed by atoms with Gasteiger partial charge in [0.1, 0.15) is 12.4 Å². The van der Waals surface area contributed by atoms with Crippen molar-refractivity contribution in [2.45, 2.75) is 20.0 Å². The lowest BCUT2D eigenvalue weighted by Gasteiger charge is -2.11. The highest BCUT2D eigenvalue weighted by molar-refractivity contribution is 9.11. The molecule has 9 heteroatoms. The van der Waals surface area contributed by atoms with Crippen LogP contribution in [0.25, 0.3) is 0 Å². The minimum Gasteiger partial charge on any atom is -0.487 e. The number of nitro benzene ring substituents is 1. The first-order chi connectivity index (χ1) is 15.3. The Kier molecular flexibility index (Phi) is 8.13. The number of rotatable bonds is 8. The number of amides is 1. The molecule has 0 aliphatic heterocycles. The van der Waals surface area contributed by atoms with E-state index in [1.54, 1.807) is 18.3 Å². The van der Waals surface area contributed by atoms with Crippen LogP contribution in [0.3, 0.4) is 0 Å². The highest BCUT2D eigenvalue weighted by Crippen LogP contribution is 2.35. The van der Waals surface area contributed by atoms with E-state index in [0.717, 1.165) is 22.3 Å². The molecule has 0 fully saturated rings. The summed E-state index contributed by atoms with van der Waals surface area (Å²) in [6.07, 6.45) is 1.79. The van der Waals surface area contributed by atoms with Crippen molar-refractivity contribution in [3.8, 4) is 5.75 Å². The van der Waals surface area contributed by atoms with Crippen LogP contribution in [0.1, 0.15) is 22.3 Å². The number of nitrogens with one attached hydrogen (secondary N) is 1. The van der Waals surface area contributed by atoms with Gasteiger partial charge in [0.15, 0.2) is 0 Å². The SMILES string of the molecule is Cc1ccc(CC(=O)N/N=C/c2cc(Br)c(OCc3ccc([N+](=O)[O-])cc3)c(Br)c2)cc1. The second-order valence-corrected chi connectivity index (χ2v) is 8.69. The highest BCUT2D eigenvalue weighted by Gasteiger charge is 2.10. The van der Waals surface area contributed by atoms with E-state index in [4.69, 9.17) is 4.74 Å². The molecule has 1 N–H and O–H groups in total. The number of hydrazone groups is 1. The second kappa shape index (κ2) is 11.0. The second-order valence-electron chi connectivity index (χ2n) is 6.98. The minimum atomic E-state index is -0.441. The molecular weight excluding hydrogens is 542 g/mol. The van der Waals surface area contributed by atoms with Crippen molar-refractivity contribution >= 4 is 49.7 Å². The maximum atomic E-state index is 12.1. The van der Waals surface area contributed by atoms with Crippen molar-refractivity contribution < 1.29 is 14.5 Å². The van der Waals surface area contributed by atoms with Gasteiger partial charge in [-0.1, -0.05) is 29.8 Å². The van der Waals surface area contributed by atoms with Gasteiger partial charge in [0.05, 0.1) is 26.5 Å². The van der Waals surface area contributed by atoms with E-state index in [0.29, 0.717) is 14.7 Å². The van der Waals surface area contributed by atoms with Crippen LogP contribution >= 0.6 is 31.9 Å². The topological polar surface area (TPSA) is 93.8 Å². The van der Waals surface area contributed by atoms with Crippen LogP contribution in [-0.4, -0.2) is 17.0 Å². The fraction of sp³-hybridized carbons (Fsp3) is 0.130. The zero-order chi connectivity index (χ0) is 23.1. The molecule has 3 aromatic carbocycles. The standard InChI is InChI=1S/C23H19Br2N3O4/c1-15-2-4-16(5-3-15)12-22(29)27-26-13-18-10-20(24)23(21(25)11-18)32-14-17-6-8-19(9-7-17)28(30)31/h2-11,13H,12,14H2,1H3,(H,27,29)/b26-13+. The van der Waals surface area contributed by atoms with Crippen LogP contribution in [0, 0.1) is 17.0 Å². The first-order valence-corrected chi connectivity index (χ1v) is 11.1. The quantitative estimate of drug-likeness (QED) is 0.217. The van der Waals surface area contributed by atoms with E-state index in [1.807, 2.05) is 43.3 Å². The van der Waals surface area contributed by atoms with Crippen LogP contribution in [0.5, 0.6) is 5.75 Å². The van der Waals surface area contributed by atoms with Gasteiger partial charge in [0, 0.05) is 12.1 Å². The summed E-state index contributed by atoms with van der Waals surface area (Å²) in [5, 5.41) is 14.8. The van der Waals surface area contributed by atoms with Crippen LogP contribution in [0.4, 0.5) is 5.69 Å². The Hall–Kier alpha value is -3.04. The molecule has 3 aromatic rings. The number of hydrogen-bond acceptors (Lipinski definition) is 5. The summed E-state index contributed by atoms with van der Waals surface area (Å²) >= 11 is 6.96. The zero-order valence-electron chi connectivity index (χ0n) is 17.0. The zero-order valence-corrected chi connectivity index (χ0v) is 20.2. The van der Waals surface area contributed by atoms with Crippen molar-refractivity contribution in [3.05, 3.63) is 102 Å². The summed E-state index contributed by atoms with van der Waals surface area (Å²) in [6, 6.07) is 17.6. The third-order valence-electron chi connectivity index (χ3n) is 4.44. The van der Waals surface area contributed by atoms with E-state index in [-0.39, 0.29) is 24.6 Å². The van der Waals surface area contributed by atoms with Gasteiger partial charge in [-0.3, -0.25) is 14.9 Å². The Morgan fingerprint density at radius 2 is 1.66 bits per heavy atom. The monoisotopic (exact) mass is 559 g/mol. The Morgan fingerprint density at radius 3 is 2.25 bits per heavy atom. The minimum absolute atomic E-state index is 0.0331. The Morgan fingerprint density at radius 1 is 1.06 bits per heavy atom. The van der Waals surface area contributed by atoms with Crippen molar-refractivity contribution in [2.24, 2.45) is 5.10 Å². The Bertz CT molecular complexity index is 1120. The molecule has 0 radical (unpaired) electrons. The number of aryl methyl sites for hydroxylation is 1. The number of nitro groups is 1. The molecule has 0 heterocycles. The molecule has 164 valence electrons. The average molecular weight is 561 g/mol. The molecule has 0 aromatic heterocycles. The van der Waals surface area contributed by atoms with Crippen LogP contribution in [-0.2, 0) is 17.8 Å². The molecule has 7 nitrogen and oxygen atoms in total. The van der Waals surface area contributed by atoms with E-state index < -0.39 is 4.92 Å². The summed E-state index contributed by atoms with van der Waals surface area (Å²) in [5.41, 5.74) is 6.18. The van der Waals surface area contributed by atoms with Gasteiger partial charge >= 0.3 is 0 Å². The predicted molar refractivity (Wildman–Crippen MR) is 130 cm³/mol. The number of halogens is 2. The fourth-order valence-corrected chi connectivity index (χ4v) is 4.22. The van der Waals surface area contributed by atoms with Crippen molar-refractivity contribution in [2.75, 3.05) is 0 Å². The Balaban J connectivity index is 1.57. The van der Waals surface area contributed by atoms with Gasteiger partial charge < -0.3 is 4.74 Å². The third-order valence-corrected chi connectivity index (χ3v) is 5.62. The molecule has 0 bridgehead atoms. The molecule has 0 unspecified atom stereocenters. The summed E-state index contributed by atoms with van der Waals surface area (Å²) < 4.78 is 7.24. The van der Waals surface area contributed by atoms with Gasteiger partial charge in [-0.15, -0.1) is 0 Å². The van der Waals surface area contributed by atoms with Gasteiger partial charge in [0.25, 0.3) is 5.69 Å². The maximum Gasteiger partial charge on any atom is 0.269 e. The number of non-ortho nitro benzene ring substituents is 1. The largest absolute Gasteiger partial charge is 0.487 e. The number of benzene rings is 3. The van der Waals surface area contributed by atoms with Crippen molar-refractivity contribution in [3.63, 3.8) is 0 Å². The van der Waals surface area contributed by atoms with Gasteiger partial charge in [-0.25, -0.2) is 5.43 Å². The molecule has 0 atom stereocenters. The molecular formula is C23H19Br2N3O4. The number of hydrogen-bond donors (Lipinski definition) is 1. The fourth-order valence-electron chi connectivity index (χ4n) is 2.77. The Labute approximate surface area is 201 Å². The number of carbonyl (C=O) groups excluding carboxylic acids is 1. The number of ether oxygens (including phenoxy) is 1. The van der Waals surface area contributed by atoms with Gasteiger partial charge in [-0.2, -0.15) is 5.10 Å². The van der Waals surface area contributed by atoms with Crippen LogP contribution in [0.2, 0.25) is 0 Å². The molecule has 0 saturated carbocycles. The van der Waals surface area contributed by atoms with E-state index in [9.17, 15) is 14.9 Å². The van der Waals surface area contributed by atoms with Crippen molar-refractivity contribution in [1.29, 1.82) is 0 Å². The molecule has 0 saturated heterocycles. The lowest BCUT2D eigenvalue weighted by Crippen LogP contribution is -2.19. The van der Waals surface area contributed by atoms with Gasteiger partial charge in [-0.05, 0) is 79.7 Å². The molecule has 0 aliphatic carbocycles. The molecule has 32 heavy (non-hydrogen) atoms. The summed E-state index contributed by atoms with van der Waals surface area (Å²) in [4.78, 5) is 22.4. The average Bonchev–Trinajstić information content (AvgIpc) is 2.75. The smallest absolute Gasteiger partial charge is 0.269 e. The van der Waals surface area contributed by atoms with Crippen molar-refractivity contribution in [1.82, 2.24) is 5.43 Å². The highest BCUT2D eigenvalue weighted by atomic mass is 79.9. The summed E-state index contributed by atoms with van der Waals surface area (Å²) in [7, 11) is 0. The summed E-state index contributed by atoms with van der Waals surface area (Å²) in [5.74, 6) is 0.384. The predicted octanol–water partition coefficient (Wildman–Crippen LogP) is 5.70. The van der Waals surface area contributed by atoms with E-state index in [2.05, 4.69) is 42.4 Å². The van der Waals surface area contributed by atoms with Gasteiger partial charge in [0.2, 0.25) is 5.91 Å². The molecule has 3 rings (SSSR count). The van der Waals surface area contributed by atoms with Crippen LogP contribution < -0.4 is 10.2 Å². The summed E-state index contributed by atoms with van der Waals surface area (Å²) in [6.45, 7) is 2.24. The maximum absolute atomic E-state index is 12.1. The lowest BCUT2D eigenvalue weighted by atomic mass is 10.1. The molecule has 1 amide bonds. The number of nitrogens with zero attached hydrogens (tertiary/aromatic N) is 2. The first-order valence-electron chi connectivity index (χ1n) is 9.54. The number of carbonyl (C=O) groups is 1. The normalized spacial score (nSPS) is 10.8. The van der Waals surface area contributed by atoms with E-state index >= 15 is 0 Å². The third kappa shape index (κ3) is 6.73. The van der Waals surface area contributed by atoms with Crippen LogP contribution in [0.15, 0.2) is 74.7 Å². The molecule has 0 aliphatic rings. The lowest BCUT2D eigenvalue weighted by molar-refractivity contribution is -0.384. The first kappa shape index (κ1) is 23.6. The molecule has 0 spiro atoms. The van der Waals surface area contributed by atoms with E-state index in [1.165, 1.54) is 12.1 Å².